The van der Waals surface area contributed by atoms with Crippen LogP contribution in [0.5, 0.6) is 0 Å². The Morgan fingerprint density at radius 3 is 2.84 bits per heavy atom. The van der Waals surface area contributed by atoms with Crippen LogP contribution in [-0.2, 0) is 11.2 Å². The van der Waals surface area contributed by atoms with Crippen LogP contribution in [-0.4, -0.2) is 31.2 Å². The van der Waals surface area contributed by atoms with E-state index in [4.69, 9.17) is 9.40 Å². The number of para-hydroxylation sites is 1. The summed E-state index contributed by atoms with van der Waals surface area (Å²) in [7, 11) is 0. The molecule has 0 saturated carbocycles. The molecule has 0 bridgehead atoms. The minimum atomic E-state index is -0.108. The molecule has 0 aliphatic heterocycles. The summed E-state index contributed by atoms with van der Waals surface area (Å²) in [5.74, 6) is 1.30. The van der Waals surface area contributed by atoms with Crippen LogP contribution in [0.15, 0.2) is 76.5 Å². The average molecular weight is 430 g/mol. The maximum absolute atomic E-state index is 12.5. The third-order valence-corrected chi connectivity index (χ3v) is 5.84. The van der Waals surface area contributed by atoms with Gasteiger partial charge in [0.25, 0.3) is 0 Å². The molecule has 0 spiro atoms. The van der Waals surface area contributed by atoms with E-state index in [0.717, 1.165) is 23.0 Å². The third-order valence-electron chi connectivity index (χ3n) is 4.91. The van der Waals surface area contributed by atoms with E-state index in [1.807, 2.05) is 65.1 Å². The predicted molar refractivity (Wildman–Crippen MR) is 121 cm³/mol. The van der Waals surface area contributed by atoms with E-state index in [2.05, 4.69) is 22.4 Å². The molecule has 0 fully saturated rings. The van der Waals surface area contributed by atoms with Crippen molar-refractivity contribution in [1.82, 2.24) is 19.6 Å². The standard InChI is InChI=1S/C23H19N5O2S/c1-2-15-7-5-8-16(13-15)24-20(29)14-31-23-27-26-21-17-9-3-4-10-18(17)25-22(28(21)23)19-11-6-12-30-19/h3-13H,2,14H2,1H3,(H,24,29). The number of nitrogens with one attached hydrogen (secondary N) is 1. The van der Waals surface area contributed by atoms with E-state index >= 15 is 0 Å². The molecule has 1 N–H and O–H groups in total. The number of aryl methyl sites for hydroxylation is 1. The number of thioether (sulfide) groups is 1. The number of rotatable bonds is 6. The van der Waals surface area contributed by atoms with E-state index in [1.165, 1.54) is 17.3 Å². The molecule has 8 heteroatoms. The first-order chi connectivity index (χ1) is 15.2. The van der Waals surface area contributed by atoms with E-state index in [-0.39, 0.29) is 11.7 Å². The number of hydrogen-bond donors (Lipinski definition) is 1. The van der Waals surface area contributed by atoms with Crippen molar-refractivity contribution in [3.05, 3.63) is 72.5 Å². The molecule has 1 amide bonds. The van der Waals surface area contributed by atoms with Gasteiger partial charge in [0, 0.05) is 11.1 Å². The fourth-order valence-corrected chi connectivity index (χ4v) is 4.15. The molecule has 5 rings (SSSR count). The second kappa shape index (κ2) is 8.23. The van der Waals surface area contributed by atoms with Crippen molar-refractivity contribution in [3.63, 3.8) is 0 Å². The van der Waals surface area contributed by atoms with Gasteiger partial charge in [-0.15, -0.1) is 10.2 Å². The number of fused-ring (bicyclic) bond motifs is 3. The fraction of sp³-hybridized carbons (Fsp3) is 0.130. The molecular weight excluding hydrogens is 410 g/mol. The molecule has 3 heterocycles. The number of amides is 1. The molecule has 0 aliphatic rings. The van der Waals surface area contributed by atoms with Crippen molar-refractivity contribution in [2.45, 2.75) is 18.5 Å². The van der Waals surface area contributed by atoms with Crippen molar-refractivity contribution in [1.29, 1.82) is 0 Å². The van der Waals surface area contributed by atoms with Crippen LogP contribution >= 0.6 is 11.8 Å². The Labute approximate surface area is 182 Å². The van der Waals surface area contributed by atoms with Crippen LogP contribution in [0, 0.1) is 0 Å². The van der Waals surface area contributed by atoms with Crippen LogP contribution in [0.25, 0.3) is 28.1 Å². The van der Waals surface area contributed by atoms with Crippen molar-refractivity contribution in [3.8, 4) is 11.6 Å². The van der Waals surface area contributed by atoms with Gasteiger partial charge in [-0.05, 0) is 48.4 Å². The van der Waals surface area contributed by atoms with E-state index in [1.54, 1.807) is 6.26 Å². The summed E-state index contributed by atoms with van der Waals surface area (Å²) in [5, 5.41) is 13.1. The Morgan fingerprint density at radius 1 is 1.10 bits per heavy atom. The van der Waals surface area contributed by atoms with Crippen LogP contribution in [0.2, 0.25) is 0 Å². The molecule has 0 atom stereocenters. The van der Waals surface area contributed by atoms with Crippen molar-refractivity contribution in [2.75, 3.05) is 11.1 Å². The largest absolute Gasteiger partial charge is 0.461 e. The highest BCUT2D eigenvalue weighted by molar-refractivity contribution is 7.99. The monoisotopic (exact) mass is 429 g/mol. The SMILES string of the molecule is CCc1cccc(NC(=O)CSc2nnc3c4ccccc4nc(-c4ccco4)n23)c1. The van der Waals surface area contributed by atoms with Crippen molar-refractivity contribution in [2.24, 2.45) is 0 Å². The van der Waals surface area contributed by atoms with Crippen molar-refractivity contribution >= 4 is 39.9 Å². The number of benzene rings is 2. The summed E-state index contributed by atoms with van der Waals surface area (Å²) in [6.07, 6.45) is 2.52. The number of aromatic nitrogens is 4. The summed E-state index contributed by atoms with van der Waals surface area (Å²) in [4.78, 5) is 17.3. The zero-order chi connectivity index (χ0) is 21.2. The first-order valence-corrected chi connectivity index (χ1v) is 10.9. The predicted octanol–water partition coefficient (Wildman–Crippen LogP) is 4.83. The van der Waals surface area contributed by atoms with Gasteiger partial charge in [0.2, 0.25) is 5.91 Å². The second-order valence-corrected chi connectivity index (χ2v) is 7.90. The number of hydrogen-bond acceptors (Lipinski definition) is 6. The summed E-state index contributed by atoms with van der Waals surface area (Å²) in [6, 6.07) is 19.3. The van der Waals surface area contributed by atoms with Crippen LogP contribution in [0.3, 0.4) is 0 Å². The molecule has 0 unspecified atom stereocenters. The lowest BCUT2D eigenvalue weighted by molar-refractivity contribution is -0.113. The van der Waals surface area contributed by atoms with E-state index in [9.17, 15) is 4.79 Å². The van der Waals surface area contributed by atoms with Gasteiger partial charge >= 0.3 is 0 Å². The summed E-state index contributed by atoms with van der Waals surface area (Å²) in [5.41, 5.74) is 3.45. The zero-order valence-electron chi connectivity index (χ0n) is 16.8. The Bertz CT molecular complexity index is 1380. The lowest BCUT2D eigenvalue weighted by atomic mass is 10.1. The summed E-state index contributed by atoms with van der Waals surface area (Å²) in [6.45, 7) is 2.08. The highest BCUT2D eigenvalue weighted by atomic mass is 32.2. The Morgan fingerprint density at radius 2 is 2.00 bits per heavy atom. The summed E-state index contributed by atoms with van der Waals surface area (Å²) < 4.78 is 7.44. The topological polar surface area (TPSA) is 85.3 Å². The van der Waals surface area contributed by atoms with E-state index < -0.39 is 0 Å². The quantitative estimate of drug-likeness (QED) is 0.389. The van der Waals surface area contributed by atoms with Crippen LogP contribution in [0.1, 0.15) is 12.5 Å². The normalized spacial score (nSPS) is 11.3. The lowest BCUT2D eigenvalue weighted by Crippen LogP contribution is -2.14. The molecule has 7 nitrogen and oxygen atoms in total. The molecule has 5 aromatic rings. The molecule has 154 valence electrons. The van der Waals surface area contributed by atoms with Gasteiger partial charge in [-0.1, -0.05) is 43.0 Å². The minimum absolute atomic E-state index is 0.108. The van der Waals surface area contributed by atoms with Gasteiger partial charge in [-0.25, -0.2) is 4.98 Å². The van der Waals surface area contributed by atoms with Gasteiger partial charge in [0.1, 0.15) is 0 Å². The van der Waals surface area contributed by atoms with Gasteiger partial charge in [-0.3, -0.25) is 9.20 Å². The number of anilines is 1. The highest BCUT2D eigenvalue weighted by Crippen LogP contribution is 2.29. The molecule has 31 heavy (non-hydrogen) atoms. The number of nitrogens with zero attached hydrogens (tertiary/aromatic N) is 4. The average Bonchev–Trinajstić information content (AvgIpc) is 3.48. The molecule has 0 aliphatic carbocycles. The zero-order valence-corrected chi connectivity index (χ0v) is 17.6. The first-order valence-electron chi connectivity index (χ1n) is 9.92. The van der Waals surface area contributed by atoms with Gasteiger partial charge < -0.3 is 9.73 Å². The van der Waals surface area contributed by atoms with Crippen LogP contribution in [0.4, 0.5) is 5.69 Å². The maximum Gasteiger partial charge on any atom is 0.234 e. The van der Waals surface area contributed by atoms with Gasteiger partial charge in [0.05, 0.1) is 17.5 Å². The molecular formula is C23H19N5O2S. The fourth-order valence-electron chi connectivity index (χ4n) is 3.42. The second-order valence-electron chi connectivity index (χ2n) is 6.96. The number of carbonyl (C=O) groups excluding carboxylic acids is 1. The summed E-state index contributed by atoms with van der Waals surface area (Å²) >= 11 is 1.31. The Kier molecular flexibility index (Phi) is 5.13. The molecule has 0 radical (unpaired) electrons. The lowest BCUT2D eigenvalue weighted by Gasteiger charge is -2.08. The maximum atomic E-state index is 12.5. The molecule has 2 aromatic carbocycles. The molecule has 0 saturated heterocycles. The third kappa shape index (κ3) is 3.77. The first kappa shape index (κ1) is 19.3. The smallest absolute Gasteiger partial charge is 0.234 e. The number of furan rings is 1. The van der Waals surface area contributed by atoms with Crippen LogP contribution < -0.4 is 5.32 Å². The van der Waals surface area contributed by atoms with Crippen molar-refractivity contribution < 1.29 is 9.21 Å². The Hall–Kier alpha value is -3.65. The van der Waals surface area contributed by atoms with E-state index in [0.29, 0.717) is 22.4 Å². The Balaban J connectivity index is 1.46. The highest BCUT2D eigenvalue weighted by Gasteiger charge is 2.19. The molecule has 3 aromatic heterocycles. The van der Waals surface area contributed by atoms with Gasteiger partial charge in [-0.2, -0.15) is 0 Å². The van der Waals surface area contributed by atoms with Gasteiger partial charge in [0.15, 0.2) is 22.4 Å². The minimum Gasteiger partial charge on any atom is -0.461 e. The number of carbonyl (C=O) groups is 1.